The molecule has 3 rings (SSSR count). The summed E-state index contributed by atoms with van der Waals surface area (Å²) >= 11 is 1.09. The molecule has 1 unspecified atom stereocenters. The van der Waals surface area contributed by atoms with Crippen molar-refractivity contribution in [3.8, 4) is 5.88 Å². The van der Waals surface area contributed by atoms with Crippen molar-refractivity contribution in [1.29, 1.82) is 0 Å². The highest BCUT2D eigenvalue weighted by molar-refractivity contribution is 8.14. The number of nitrogens with zero attached hydrogens (tertiary/aromatic N) is 3. The number of aliphatic imine (C=N–C) groups is 1. The molecule has 6 atom stereocenters. The number of aromatic nitrogens is 1. The Kier molecular flexibility index (Phi) is 5.33. The fraction of sp³-hybridized carbons (Fsp3) is 0.600. The van der Waals surface area contributed by atoms with Gasteiger partial charge in [-0.1, -0.05) is 17.8 Å². The number of alkyl halides is 3. The van der Waals surface area contributed by atoms with Crippen molar-refractivity contribution in [2.45, 2.75) is 42.1 Å². The van der Waals surface area contributed by atoms with Gasteiger partial charge in [-0.3, -0.25) is 4.99 Å². The van der Waals surface area contributed by atoms with Crippen LogP contribution in [0.2, 0.25) is 0 Å². The van der Waals surface area contributed by atoms with Gasteiger partial charge in [-0.25, -0.2) is 4.98 Å². The normalized spacial score (nSPS) is 32.6. The number of aliphatic hydroxyl groups excluding tert-OH is 2. The van der Waals surface area contributed by atoms with E-state index in [9.17, 15) is 23.4 Å². The molecule has 11 heteroatoms. The van der Waals surface area contributed by atoms with Gasteiger partial charge in [-0.2, -0.15) is 13.2 Å². The summed E-state index contributed by atoms with van der Waals surface area (Å²) in [5.41, 5.74) is -0.854. The van der Waals surface area contributed by atoms with Gasteiger partial charge in [0.25, 0.3) is 0 Å². The van der Waals surface area contributed by atoms with Crippen LogP contribution >= 0.6 is 11.8 Å². The standard InChI is InChI=1S/C15H18F3N3O4S/c1-21(2)14-20-8-9(22)10(23)11(25-13(8)26-14)12(15(16,17)18)24-7-5-3-4-6-19-7/h3-6,8-13,22-23H,1-2H3/t8-,9-,10+,11?,12-,13-/m1/s1. The largest absolute Gasteiger partial charge is 0.462 e. The first-order valence-corrected chi connectivity index (χ1v) is 8.64. The second kappa shape index (κ2) is 7.22. The van der Waals surface area contributed by atoms with E-state index in [0.29, 0.717) is 5.17 Å². The molecule has 0 bridgehead atoms. The van der Waals surface area contributed by atoms with Gasteiger partial charge in [0.15, 0.2) is 5.17 Å². The Morgan fingerprint density at radius 2 is 2.00 bits per heavy atom. The van der Waals surface area contributed by atoms with E-state index in [0.717, 1.165) is 11.8 Å². The maximum atomic E-state index is 13.6. The van der Waals surface area contributed by atoms with Crippen molar-refractivity contribution in [1.82, 2.24) is 9.88 Å². The van der Waals surface area contributed by atoms with Crippen LogP contribution in [0, 0.1) is 0 Å². The van der Waals surface area contributed by atoms with E-state index in [-0.39, 0.29) is 5.88 Å². The highest BCUT2D eigenvalue weighted by atomic mass is 32.2. The Balaban J connectivity index is 1.84. The van der Waals surface area contributed by atoms with Gasteiger partial charge >= 0.3 is 6.18 Å². The van der Waals surface area contributed by atoms with E-state index in [1.54, 1.807) is 19.0 Å². The van der Waals surface area contributed by atoms with Gasteiger partial charge in [0, 0.05) is 26.4 Å². The number of fused-ring (bicyclic) bond motifs is 1. The van der Waals surface area contributed by atoms with Gasteiger partial charge < -0.3 is 24.6 Å². The molecule has 0 spiro atoms. The lowest BCUT2D eigenvalue weighted by atomic mass is 9.94. The minimum Gasteiger partial charge on any atom is -0.462 e. The molecule has 0 aliphatic carbocycles. The summed E-state index contributed by atoms with van der Waals surface area (Å²) in [5.74, 6) is -0.258. The van der Waals surface area contributed by atoms with Crippen molar-refractivity contribution in [2.75, 3.05) is 14.1 Å². The Morgan fingerprint density at radius 1 is 1.27 bits per heavy atom. The predicted octanol–water partition coefficient (Wildman–Crippen LogP) is 0.871. The number of halogens is 3. The molecule has 2 aliphatic rings. The molecule has 0 saturated carbocycles. The van der Waals surface area contributed by atoms with E-state index in [2.05, 4.69) is 9.98 Å². The Morgan fingerprint density at radius 3 is 2.58 bits per heavy atom. The molecule has 26 heavy (non-hydrogen) atoms. The third kappa shape index (κ3) is 3.75. The number of thioether (sulfide) groups is 1. The third-order valence-corrected chi connectivity index (χ3v) is 5.28. The summed E-state index contributed by atoms with van der Waals surface area (Å²) in [6.07, 6.45) is -11.2. The minimum absolute atomic E-state index is 0.258. The summed E-state index contributed by atoms with van der Waals surface area (Å²) in [4.78, 5) is 9.59. The van der Waals surface area contributed by atoms with E-state index in [1.807, 2.05) is 0 Å². The lowest BCUT2D eigenvalue weighted by molar-refractivity contribution is -0.264. The molecule has 1 fully saturated rings. The lowest BCUT2D eigenvalue weighted by Gasteiger charge is -2.41. The molecule has 2 aliphatic heterocycles. The monoisotopic (exact) mass is 393 g/mol. The van der Waals surface area contributed by atoms with E-state index in [4.69, 9.17) is 9.47 Å². The van der Waals surface area contributed by atoms with E-state index >= 15 is 0 Å². The minimum atomic E-state index is -4.84. The molecular weight excluding hydrogens is 375 g/mol. The van der Waals surface area contributed by atoms with Crippen molar-refractivity contribution < 1.29 is 32.9 Å². The maximum Gasteiger partial charge on any atom is 0.428 e. The van der Waals surface area contributed by atoms with Gasteiger partial charge in [0.1, 0.15) is 29.8 Å². The van der Waals surface area contributed by atoms with Crippen LogP contribution in [0.1, 0.15) is 0 Å². The summed E-state index contributed by atoms with van der Waals surface area (Å²) in [5, 5.41) is 21.0. The van der Waals surface area contributed by atoms with Crippen LogP contribution in [-0.4, -0.2) is 81.4 Å². The number of amidine groups is 1. The molecule has 7 nitrogen and oxygen atoms in total. The predicted molar refractivity (Wildman–Crippen MR) is 87.9 cm³/mol. The Hall–Kier alpha value is -1.56. The number of hydrogen-bond donors (Lipinski definition) is 2. The SMILES string of the molecule is CN(C)C1=N[C@@H]2[C@@H](O)[C@H](O)C([C@@H](Oc3ccccn3)C(F)(F)F)O[C@@H]2S1. The summed E-state index contributed by atoms with van der Waals surface area (Å²) < 4.78 is 51.2. The van der Waals surface area contributed by atoms with E-state index < -0.39 is 42.1 Å². The quantitative estimate of drug-likeness (QED) is 0.788. The van der Waals surface area contributed by atoms with Gasteiger partial charge in [-0.05, 0) is 6.07 Å². The van der Waals surface area contributed by atoms with Gasteiger partial charge in [-0.15, -0.1) is 0 Å². The van der Waals surface area contributed by atoms with Crippen molar-refractivity contribution in [3.05, 3.63) is 24.4 Å². The molecule has 2 N–H and O–H groups in total. The van der Waals surface area contributed by atoms with Crippen LogP contribution in [0.4, 0.5) is 13.2 Å². The number of ether oxygens (including phenoxy) is 2. The number of pyridine rings is 1. The number of aliphatic hydroxyl groups is 2. The fourth-order valence-electron chi connectivity index (χ4n) is 2.71. The van der Waals surface area contributed by atoms with Crippen LogP contribution in [0.5, 0.6) is 5.88 Å². The molecule has 1 aromatic heterocycles. The molecular formula is C15H18F3N3O4S. The van der Waals surface area contributed by atoms with Crippen LogP contribution in [-0.2, 0) is 4.74 Å². The summed E-state index contributed by atoms with van der Waals surface area (Å²) in [6.45, 7) is 0. The second-order valence-corrected chi connectivity index (χ2v) is 7.18. The maximum absolute atomic E-state index is 13.6. The molecule has 0 radical (unpaired) electrons. The average molecular weight is 393 g/mol. The first-order valence-electron chi connectivity index (χ1n) is 7.76. The van der Waals surface area contributed by atoms with Crippen molar-refractivity contribution in [3.63, 3.8) is 0 Å². The Bertz CT molecular complexity index is 661. The number of rotatable bonds is 3. The van der Waals surface area contributed by atoms with Crippen molar-refractivity contribution in [2.24, 2.45) is 4.99 Å². The zero-order valence-electron chi connectivity index (χ0n) is 13.9. The van der Waals surface area contributed by atoms with Gasteiger partial charge in [0.05, 0.1) is 0 Å². The zero-order chi connectivity index (χ0) is 19.1. The van der Waals surface area contributed by atoms with E-state index in [1.165, 1.54) is 24.4 Å². The Labute approximate surface area is 151 Å². The van der Waals surface area contributed by atoms with Crippen LogP contribution in [0.3, 0.4) is 0 Å². The molecule has 144 valence electrons. The van der Waals surface area contributed by atoms with Crippen molar-refractivity contribution >= 4 is 16.9 Å². The summed E-state index contributed by atoms with van der Waals surface area (Å²) in [7, 11) is 3.43. The van der Waals surface area contributed by atoms with Crippen LogP contribution < -0.4 is 4.74 Å². The zero-order valence-corrected chi connectivity index (χ0v) is 14.7. The lowest BCUT2D eigenvalue weighted by Crippen LogP contribution is -2.62. The number of hydrogen-bond acceptors (Lipinski definition) is 8. The molecule has 0 aromatic carbocycles. The first kappa shape index (κ1) is 19.2. The third-order valence-electron chi connectivity index (χ3n) is 3.98. The molecule has 0 amide bonds. The topological polar surface area (TPSA) is 87.4 Å². The van der Waals surface area contributed by atoms with Crippen LogP contribution in [0.15, 0.2) is 29.4 Å². The smallest absolute Gasteiger partial charge is 0.428 e. The molecule has 3 heterocycles. The first-order chi connectivity index (χ1) is 12.2. The summed E-state index contributed by atoms with van der Waals surface area (Å²) in [6, 6.07) is 3.42. The second-order valence-electron chi connectivity index (χ2n) is 6.11. The molecule has 1 aromatic rings. The molecule has 1 saturated heterocycles. The average Bonchev–Trinajstić information content (AvgIpc) is 3.01. The highest BCUT2D eigenvalue weighted by Gasteiger charge is 2.58. The van der Waals surface area contributed by atoms with Gasteiger partial charge in [0.2, 0.25) is 12.0 Å². The fourth-order valence-corrected chi connectivity index (χ4v) is 3.85. The highest BCUT2D eigenvalue weighted by Crippen LogP contribution is 2.40. The van der Waals surface area contributed by atoms with Crippen LogP contribution in [0.25, 0.3) is 0 Å².